The number of rotatable bonds is 7. The van der Waals surface area contributed by atoms with Crippen molar-refractivity contribution in [2.45, 2.75) is 44.4 Å². The van der Waals surface area contributed by atoms with Gasteiger partial charge in [0.1, 0.15) is 0 Å². The van der Waals surface area contributed by atoms with Crippen molar-refractivity contribution >= 4 is 0 Å². The normalized spacial score (nSPS) is 17.2. The second kappa shape index (κ2) is 7.04. The average Bonchev–Trinajstić information content (AvgIpc) is 2.94. The molecule has 0 radical (unpaired) electrons. The largest absolute Gasteiger partial charge is 0.493 e. The van der Waals surface area contributed by atoms with Crippen molar-refractivity contribution in [2.24, 2.45) is 0 Å². The van der Waals surface area contributed by atoms with Crippen LogP contribution in [0.3, 0.4) is 0 Å². The fourth-order valence-electron chi connectivity index (χ4n) is 2.75. The summed E-state index contributed by atoms with van der Waals surface area (Å²) in [6.45, 7) is -2.31. The molecule has 0 aliphatic heterocycles. The number of aliphatic hydroxyl groups is 1. The van der Waals surface area contributed by atoms with E-state index in [-0.39, 0.29) is 23.6 Å². The van der Waals surface area contributed by atoms with Gasteiger partial charge in [0.25, 0.3) is 0 Å². The van der Waals surface area contributed by atoms with Crippen molar-refractivity contribution in [1.29, 1.82) is 0 Å². The summed E-state index contributed by atoms with van der Waals surface area (Å²) in [5, 5.41) is 12.9. The van der Waals surface area contributed by atoms with Crippen LogP contribution in [0.25, 0.3) is 0 Å². The maximum absolute atomic E-state index is 12.4. The Balaban J connectivity index is 2.06. The van der Waals surface area contributed by atoms with Gasteiger partial charge >= 0.3 is 6.61 Å². The molecule has 1 aliphatic rings. The van der Waals surface area contributed by atoms with Gasteiger partial charge in [-0.25, -0.2) is 0 Å². The molecule has 118 valence electrons. The molecule has 0 unspecified atom stereocenters. The number of hydrogen-bond donors (Lipinski definition) is 2. The van der Waals surface area contributed by atoms with Crippen LogP contribution < -0.4 is 14.8 Å². The fraction of sp³-hybridized carbons (Fsp3) is 0.600. The highest BCUT2D eigenvalue weighted by Gasteiger charge is 2.32. The standard InChI is InChI=1S/C15H21F2NO3/c1-20-12-5-4-11(8-13(12)21-14(16)17)9-18-15(10-19)6-2-3-7-15/h4-5,8,14,18-19H,2-3,6-7,9-10H2,1H3. The quantitative estimate of drug-likeness (QED) is 0.813. The van der Waals surface area contributed by atoms with Crippen LogP contribution in [0, 0.1) is 0 Å². The third-order valence-corrected chi connectivity index (χ3v) is 3.97. The minimum Gasteiger partial charge on any atom is -0.493 e. The number of halogens is 2. The second-order valence-corrected chi connectivity index (χ2v) is 5.36. The highest BCUT2D eigenvalue weighted by atomic mass is 19.3. The van der Waals surface area contributed by atoms with E-state index in [1.807, 2.05) is 0 Å². The lowest BCUT2D eigenvalue weighted by atomic mass is 9.98. The maximum atomic E-state index is 12.4. The molecule has 0 spiro atoms. The van der Waals surface area contributed by atoms with Gasteiger partial charge in [-0.05, 0) is 30.5 Å². The van der Waals surface area contributed by atoms with E-state index in [0.29, 0.717) is 6.54 Å². The molecule has 0 bridgehead atoms. The first kappa shape index (κ1) is 16.0. The minimum atomic E-state index is -2.89. The van der Waals surface area contributed by atoms with Gasteiger partial charge in [-0.2, -0.15) is 8.78 Å². The molecule has 2 rings (SSSR count). The zero-order valence-electron chi connectivity index (χ0n) is 12.1. The smallest absolute Gasteiger partial charge is 0.387 e. The average molecular weight is 301 g/mol. The predicted octanol–water partition coefficient (Wildman–Crippen LogP) is 2.69. The Labute approximate surface area is 123 Å². The number of methoxy groups -OCH3 is 1. The Morgan fingerprint density at radius 3 is 2.57 bits per heavy atom. The summed E-state index contributed by atoms with van der Waals surface area (Å²) >= 11 is 0. The Kier molecular flexibility index (Phi) is 5.36. The van der Waals surface area contributed by atoms with Crippen molar-refractivity contribution in [3.63, 3.8) is 0 Å². The SMILES string of the molecule is COc1ccc(CNC2(CO)CCCC2)cc1OC(F)F. The van der Waals surface area contributed by atoms with E-state index in [2.05, 4.69) is 10.1 Å². The number of ether oxygens (including phenoxy) is 2. The lowest BCUT2D eigenvalue weighted by Crippen LogP contribution is -2.45. The van der Waals surface area contributed by atoms with Crippen LogP contribution in [-0.2, 0) is 6.54 Å². The summed E-state index contributed by atoms with van der Waals surface area (Å²) in [6, 6.07) is 4.94. The number of hydrogen-bond acceptors (Lipinski definition) is 4. The molecule has 4 nitrogen and oxygen atoms in total. The first-order valence-electron chi connectivity index (χ1n) is 7.06. The molecule has 0 amide bonds. The Morgan fingerprint density at radius 2 is 2.00 bits per heavy atom. The molecule has 1 aromatic carbocycles. The Morgan fingerprint density at radius 1 is 1.29 bits per heavy atom. The molecule has 0 atom stereocenters. The maximum Gasteiger partial charge on any atom is 0.387 e. The lowest BCUT2D eigenvalue weighted by Gasteiger charge is -2.28. The highest BCUT2D eigenvalue weighted by Crippen LogP contribution is 2.32. The molecule has 21 heavy (non-hydrogen) atoms. The molecule has 1 aliphatic carbocycles. The van der Waals surface area contributed by atoms with Gasteiger partial charge < -0.3 is 19.9 Å². The number of alkyl halides is 2. The van der Waals surface area contributed by atoms with Gasteiger partial charge in [0.2, 0.25) is 0 Å². The molecule has 0 saturated heterocycles. The van der Waals surface area contributed by atoms with Gasteiger partial charge in [-0.3, -0.25) is 0 Å². The van der Waals surface area contributed by atoms with Crippen LogP contribution in [0.2, 0.25) is 0 Å². The van der Waals surface area contributed by atoms with Crippen molar-refractivity contribution in [2.75, 3.05) is 13.7 Å². The van der Waals surface area contributed by atoms with Crippen molar-refractivity contribution < 1.29 is 23.4 Å². The number of nitrogens with one attached hydrogen (secondary N) is 1. The van der Waals surface area contributed by atoms with E-state index in [0.717, 1.165) is 31.2 Å². The van der Waals surface area contributed by atoms with Gasteiger partial charge in [-0.15, -0.1) is 0 Å². The van der Waals surface area contributed by atoms with Gasteiger partial charge in [-0.1, -0.05) is 18.9 Å². The third-order valence-electron chi connectivity index (χ3n) is 3.97. The molecule has 0 heterocycles. The van der Waals surface area contributed by atoms with E-state index >= 15 is 0 Å². The summed E-state index contributed by atoms with van der Waals surface area (Å²) in [4.78, 5) is 0. The molecule has 1 saturated carbocycles. The summed E-state index contributed by atoms with van der Waals surface area (Å²) in [7, 11) is 1.41. The molecule has 2 N–H and O–H groups in total. The molecule has 1 aromatic rings. The Bertz CT molecular complexity index is 462. The van der Waals surface area contributed by atoms with Crippen LogP contribution >= 0.6 is 0 Å². The predicted molar refractivity (Wildman–Crippen MR) is 74.8 cm³/mol. The molecule has 0 aromatic heterocycles. The van der Waals surface area contributed by atoms with Crippen molar-refractivity contribution in [3.8, 4) is 11.5 Å². The van der Waals surface area contributed by atoms with Crippen LogP contribution in [0.4, 0.5) is 8.78 Å². The van der Waals surface area contributed by atoms with Gasteiger partial charge in [0.15, 0.2) is 11.5 Å². The van der Waals surface area contributed by atoms with E-state index < -0.39 is 6.61 Å². The lowest BCUT2D eigenvalue weighted by molar-refractivity contribution is -0.0512. The van der Waals surface area contributed by atoms with Crippen LogP contribution in [-0.4, -0.2) is 31.0 Å². The molecule has 1 fully saturated rings. The van der Waals surface area contributed by atoms with E-state index in [4.69, 9.17) is 4.74 Å². The summed E-state index contributed by atoms with van der Waals surface area (Å²) in [5.41, 5.74) is 0.565. The van der Waals surface area contributed by atoms with Crippen LogP contribution in [0.15, 0.2) is 18.2 Å². The van der Waals surface area contributed by atoms with E-state index in [9.17, 15) is 13.9 Å². The van der Waals surface area contributed by atoms with Gasteiger partial charge in [0, 0.05) is 12.1 Å². The van der Waals surface area contributed by atoms with Crippen molar-refractivity contribution in [3.05, 3.63) is 23.8 Å². The monoisotopic (exact) mass is 301 g/mol. The summed E-state index contributed by atoms with van der Waals surface area (Å²) in [5.74, 6) is 0.299. The molecular formula is C15H21F2NO3. The summed E-state index contributed by atoms with van der Waals surface area (Å²) in [6.07, 6.45) is 4.05. The number of benzene rings is 1. The van der Waals surface area contributed by atoms with Gasteiger partial charge in [0.05, 0.1) is 13.7 Å². The molecular weight excluding hydrogens is 280 g/mol. The minimum absolute atomic E-state index is 0.0243. The zero-order chi connectivity index (χ0) is 15.3. The van der Waals surface area contributed by atoms with E-state index in [1.54, 1.807) is 12.1 Å². The van der Waals surface area contributed by atoms with Crippen molar-refractivity contribution in [1.82, 2.24) is 5.32 Å². The molecule has 6 heteroatoms. The van der Waals surface area contributed by atoms with Crippen LogP contribution in [0.1, 0.15) is 31.2 Å². The summed E-state index contributed by atoms with van der Waals surface area (Å²) < 4.78 is 34.2. The van der Waals surface area contributed by atoms with E-state index in [1.165, 1.54) is 13.2 Å². The highest BCUT2D eigenvalue weighted by molar-refractivity contribution is 5.43. The fourth-order valence-corrected chi connectivity index (χ4v) is 2.75. The number of aliphatic hydroxyl groups excluding tert-OH is 1. The second-order valence-electron chi connectivity index (χ2n) is 5.36. The first-order valence-corrected chi connectivity index (χ1v) is 7.06. The zero-order valence-corrected chi connectivity index (χ0v) is 12.1. The third kappa shape index (κ3) is 4.04. The van der Waals surface area contributed by atoms with Crippen LogP contribution in [0.5, 0.6) is 11.5 Å². The topological polar surface area (TPSA) is 50.7 Å². The first-order chi connectivity index (χ1) is 10.1. The Hall–Kier alpha value is -1.40.